The van der Waals surface area contributed by atoms with Gasteiger partial charge in [0.05, 0.1) is 6.54 Å². The Morgan fingerprint density at radius 2 is 2.17 bits per heavy atom. The lowest BCUT2D eigenvalue weighted by atomic mass is 10.2. The second kappa shape index (κ2) is 5.53. The van der Waals surface area contributed by atoms with Gasteiger partial charge in [-0.25, -0.2) is 9.67 Å². The summed E-state index contributed by atoms with van der Waals surface area (Å²) in [6.45, 7) is 3.59. The highest BCUT2D eigenvalue weighted by Crippen LogP contribution is 2.17. The van der Waals surface area contributed by atoms with Gasteiger partial charge in [0.15, 0.2) is 0 Å². The Morgan fingerprint density at radius 1 is 1.33 bits per heavy atom. The summed E-state index contributed by atoms with van der Waals surface area (Å²) in [6, 6.07) is 8.30. The smallest absolute Gasteiger partial charge is 0.146 e. The summed E-state index contributed by atoms with van der Waals surface area (Å²) in [4.78, 5) is 6.32. The van der Waals surface area contributed by atoms with Crippen molar-refractivity contribution in [2.24, 2.45) is 0 Å². The van der Waals surface area contributed by atoms with E-state index in [0.29, 0.717) is 6.54 Å². The second-order valence-corrected chi connectivity index (χ2v) is 4.29. The van der Waals surface area contributed by atoms with E-state index < -0.39 is 0 Å². The van der Waals surface area contributed by atoms with Crippen LogP contribution >= 0.6 is 0 Å². The Morgan fingerprint density at radius 3 is 2.89 bits per heavy atom. The van der Waals surface area contributed by atoms with E-state index in [-0.39, 0.29) is 0 Å². The highest BCUT2D eigenvalue weighted by Gasteiger charge is 2.02. The topological polar surface area (TPSA) is 46.0 Å². The molecule has 1 N–H and O–H groups in total. The third kappa shape index (κ3) is 2.80. The monoisotopic (exact) mass is 245 g/mol. The molecule has 2 aromatic rings. The van der Waals surface area contributed by atoms with Gasteiger partial charge in [-0.2, -0.15) is 5.10 Å². The highest BCUT2D eigenvalue weighted by molar-refractivity contribution is 5.57. The predicted octanol–water partition coefficient (Wildman–Crippen LogP) is 1.98. The maximum atomic E-state index is 4.24. The number of nitrogens with one attached hydrogen (secondary N) is 1. The van der Waals surface area contributed by atoms with Gasteiger partial charge in [-0.15, -0.1) is 0 Å². The molecule has 0 saturated heterocycles. The van der Waals surface area contributed by atoms with Crippen molar-refractivity contribution in [1.29, 1.82) is 0 Å². The van der Waals surface area contributed by atoms with Gasteiger partial charge in [0.25, 0.3) is 0 Å². The number of anilines is 2. The van der Waals surface area contributed by atoms with E-state index >= 15 is 0 Å². The van der Waals surface area contributed by atoms with Gasteiger partial charge in [-0.3, -0.25) is 0 Å². The SMILES string of the molecule is CCn1ncnc1CNc1cccc(N(C)C)c1. The molecule has 0 saturated carbocycles. The van der Waals surface area contributed by atoms with Gasteiger partial charge in [0, 0.05) is 32.0 Å². The molecule has 0 aliphatic carbocycles. The molecule has 2 rings (SSSR count). The normalized spacial score (nSPS) is 10.4. The van der Waals surface area contributed by atoms with Crippen LogP contribution in [0.2, 0.25) is 0 Å². The van der Waals surface area contributed by atoms with E-state index in [1.165, 1.54) is 5.69 Å². The molecule has 1 heterocycles. The summed E-state index contributed by atoms with van der Waals surface area (Å²) in [6.07, 6.45) is 1.59. The summed E-state index contributed by atoms with van der Waals surface area (Å²) in [5, 5.41) is 7.52. The van der Waals surface area contributed by atoms with E-state index in [0.717, 1.165) is 18.1 Å². The summed E-state index contributed by atoms with van der Waals surface area (Å²) in [7, 11) is 4.07. The third-order valence-electron chi connectivity index (χ3n) is 2.81. The number of rotatable bonds is 5. The average molecular weight is 245 g/mol. The van der Waals surface area contributed by atoms with Crippen LogP contribution in [0, 0.1) is 0 Å². The van der Waals surface area contributed by atoms with Crippen molar-refractivity contribution >= 4 is 11.4 Å². The standard InChI is InChI=1S/C13H19N5/c1-4-18-13(15-10-16-18)9-14-11-6-5-7-12(8-11)17(2)3/h5-8,10,14H,4,9H2,1-3H3. The zero-order chi connectivity index (χ0) is 13.0. The molecule has 0 aliphatic rings. The molecule has 1 aromatic heterocycles. The summed E-state index contributed by atoms with van der Waals surface area (Å²) >= 11 is 0. The van der Waals surface area contributed by atoms with Crippen molar-refractivity contribution in [3.05, 3.63) is 36.4 Å². The van der Waals surface area contributed by atoms with Crippen LogP contribution in [-0.4, -0.2) is 28.9 Å². The van der Waals surface area contributed by atoms with Crippen molar-refractivity contribution < 1.29 is 0 Å². The first kappa shape index (κ1) is 12.4. The van der Waals surface area contributed by atoms with Crippen LogP contribution in [0.15, 0.2) is 30.6 Å². The van der Waals surface area contributed by atoms with Gasteiger partial charge in [-0.1, -0.05) is 6.07 Å². The maximum Gasteiger partial charge on any atom is 0.146 e. The van der Waals surface area contributed by atoms with Crippen LogP contribution in [0.4, 0.5) is 11.4 Å². The van der Waals surface area contributed by atoms with Crippen molar-refractivity contribution in [2.75, 3.05) is 24.3 Å². The minimum Gasteiger partial charge on any atom is -0.378 e. The fourth-order valence-electron chi connectivity index (χ4n) is 1.76. The fraction of sp³-hybridized carbons (Fsp3) is 0.385. The molecule has 0 bridgehead atoms. The zero-order valence-corrected chi connectivity index (χ0v) is 11.1. The van der Waals surface area contributed by atoms with E-state index in [4.69, 9.17) is 0 Å². The van der Waals surface area contributed by atoms with Crippen LogP contribution < -0.4 is 10.2 Å². The minimum atomic E-state index is 0.685. The first-order chi connectivity index (χ1) is 8.70. The van der Waals surface area contributed by atoms with Crippen molar-refractivity contribution in [2.45, 2.75) is 20.0 Å². The summed E-state index contributed by atoms with van der Waals surface area (Å²) in [5.41, 5.74) is 2.27. The molecule has 96 valence electrons. The van der Waals surface area contributed by atoms with Crippen molar-refractivity contribution in [3.63, 3.8) is 0 Å². The molecule has 0 aliphatic heterocycles. The molecule has 0 atom stereocenters. The lowest BCUT2D eigenvalue weighted by molar-refractivity contribution is 0.622. The Balaban J connectivity index is 2.04. The van der Waals surface area contributed by atoms with Crippen molar-refractivity contribution in [3.8, 4) is 0 Å². The zero-order valence-electron chi connectivity index (χ0n) is 11.1. The number of aromatic nitrogens is 3. The van der Waals surface area contributed by atoms with Gasteiger partial charge < -0.3 is 10.2 Å². The van der Waals surface area contributed by atoms with Gasteiger partial charge in [0.2, 0.25) is 0 Å². The van der Waals surface area contributed by atoms with Gasteiger partial charge >= 0.3 is 0 Å². The summed E-state index contributed by atoms with van der Waals surface area (Å²) in [5.74, 6) is 0.952. The average Bonchev–Trinajstić information content (AvgIpc) is 2.84. The van der Waals surface area contributed by atoms with E-state index in [1.807, 2.05) is 24.8 Å². The first-order valence-electron chi connectivity index (χ1n) is 6.08. The molecule has 18 heavy (non-hydrogen) atoms. The Bertz CT molecular complexity index is 504. The molecule has 5 nitrogen and oxygen atoms in total. The van der Waals surface area contributed by atoms with Crippen LogP contribution in [0.25, 0.3) is 0 Å². The molecule has 1 aromatic carbocycles. The maximum absolute atomic E-state index is 4.24. The van der Waals surface area contributed by atoms with Gasteiger partial charge in [-0.05, 0) is 25.1 Å². The second-order valence-electron chi connectivity index (χ2n) is 4.29. The predicted molar refractivity (Wildman–Crippen MR) is 73.8 cm³/mol. The molecule has 0 fully saturated rings. The molecule has 5 heteroatoms. The van der Waals surface area contributed by atoms with Crippen LogP contribution in [0.3, 0.4) is 0 Å². The number of nitrogens with zero attached hydrogens (tertiary/aromatic N) is 4. The lowest BCUT2D eigenvalue weighted by Gasteiger charge is -2.14. The Hall–Kier alpha value is -2.04. The molecule has 0 unspecified atom stereocenters. The number of hydrogen-bond acceptors (Lipinski definition) is 4. The lowest BCUT2D eigenvalue weighted by Crippen LogP contribution is -2.11. The van der Waals surface area contributed by atoms with E-state index in [9.17, 15) is 0 Å². The largest absolute Gasteiger partial charge is 0.378 e. The number of aryl methyl sites for hydroxylation is 1. The summed E-state index contributed by atoms with van der Waals surface area (Å²) < 4.78 is 1.89. The number of benzene rings is 1. The van der Waals surface area contributed by atoms with Crippen molar-refractivity contribution in [1.82, 2.24) is 14.8 Å². The Labute approximate surface area is 107 Å². The minimum absolute atomic E-state index is 0.685. The van der Waals surface area contributed by atoms with Crippen LogP contribution in [-0.2, 0) is 13.1 Å². The molecule has 0 spiro atoms. The molecule has 0 amide bonds. The van der Waals surface area contributed by atoms with Crippen LogP contribution in [0.5, 0.6) is 0 Å². The Kier molecular flexibility index (Phi) is 3.82. The molecule has 0 radical (unpaired) electrons. The van der Waals surface area contributed by atoms with Gasteiger partial charge in [0.1, 0.15) is 12.2 Å². The fourth-order valence-corrected chi connectivity index (χ4v) is 1.76. The molecular formula is C13H19N5. The van der Waals surface area contributed by atoms with Crippen LogP contribution in [0.1, 0.15) is 12.7 Å². The molecular weight excluding hydrogens is 226 g/mol. The highest BCUT2D eigenvalue weighted by atomic mass is 15.3. The van der Waals surface area contributed by atoms with E-state index in [2.05, 4.69) is 45.4 Å². The number of hydrogen-bond donors (Lipinski definition) is 1. The third-order valence-corrected chi connectivity index (χ3v) is 2.81. The first-order valence-corrected chi connectivity index (χ1v) is 6.08. The van der Waals surface area contributed by atoms with E-state index in [1.54, 1.807) is 6.33 Å². The quantitative estimate of drug-likeness (QED) is 0.875.